The Bertz CT molecular complexity index is 1140. The fourth-order valence-corrected chi connectivity index (χ4v) is 7.59. The van der Waals surface area contributed by atoms with Crippen molar-refractivity contribution in [1.82, 2.24) is 4.31 Å². The second-order valence-electron chi connectivity index (χ2n) is 6.62. The van der Waals surface area contributed by atoms with Gasteiger partial charge in [0.05, 0.1) is 16.5 Å². The van der Waals surface area contributed by atoms with Gasteiger partial charge in [-0.2, -0.15) is 4.31 Å². The van der Waals surface area contributed by atoms with Crippen molar-refractivity contribution >= 4 is 54.7 Å². The van der Waals surface area contributed by atoms with E-state index in [1.54, 1.807) is 0 Å². The van der Waals surface area contributed by atoms with Crippen LogP contribution in [0.5, 0.6) is 0 Å². The average Bonchev–Trinajstić information content (AvgIpc) is 3.02. The van der Waals surface area contributed by atoms with Gasteiger partial charge in [-0.25, -0.2) is 16.8 Å². The van der Waals surface area contributed by atoms with Gasteiger partial charge in [0.1, 0.15) is 15.7 Å². The molecule has 0 aromatic heterocycles. The number of sulfonamides is 1. The maximum atomic E-state index is 13.1. The second-order valence-corrected chi connectivity index (χ2v) is 11.9. The zero-order chi connectivity index (χ0) is 21.6. The summed E-state index contributed by atoms with van der Waals surface area (Å²) in [6, 6.07) is 9.00. The molecule has 1 fully saturated rings. The van der Waals surface area contributed by atoms with Gasteiger partial charge in [0, 0.05) is 23.1 Å². The fraction of sp³-hybridized carbons (Fsp3) is 0.294. The standard InChI is InChI=1S/C17H16Cl3NO6S2/c18-11-1-4-13(5-2-11)28(24,25)16-8-21(9-17(16,23)10-22)29(26,27)15-6-3-12(19)7-14(15)20/h1-7,16,22-23H,8-10H2/t16-,17+/m0/s1. The molecule has 29 heavy (non-hydrogen) atoms. The molecule has 0 aliphatic carbocycles. The van der Waals surface area contributed by atoms with Gasteiger partial charge in [-0.1, -0.05) is 34.8 Å². The number of benzene rings is 2. The maximum Gasteiger partial charge on any atom is 0.244 e. The zero-order valence-corrected chi connectivity index (χ0v) is 18.6. The van der Waals surface area contributed by atoms with E-state index in [1.807, 2.05) is 0 Å². The van der Waals surface area contributed by atoms with Gasteiger partial charge in [0.15, 0.2) is 9.84 Å². The van der Waals surface area contributed by atoms with E-state index in [-0.39, 0.29) is 19.8 Å². The van der Waals surface area contributed by atoms with Crippen LogP contribution < -0.4 is 0 Å². The van der Waals surface area contributed by atoms with Gasteiger partial charge in [0.25, 0.3) is 0 Å². The van der Waals surface area contributed by atoms with Gasteiger partial charge < -0.3 is 10.2 Å². The number of aliphatic hydroxyl groups excluding tert-OH is 1. The highest BCUT2D eigenvalue weighted by Gasteiger charge is 2.55. The highest BCUT2D eigenvalue weighted by atomic mass is 35.5. The highest BCUT2D eigenvalue weighted by Crippen LogP contribution is 2.36. The molecule has 0 radical (unpaired) electrons. The lowest BCUT2D eigenvalue weighted by Crippen LogP contribution is -2.49. The normalized spacial score (nSPS) is 23.4. The van der Waals surface area contributed by atoms with E-state index in [0.29, 0.717) is 5.02 Å². The number of halogens is 3. The van der Waals surface area contributed by atoms with Crippen LogP contribution >= 0.6 is 34.8 Å². The zero-order valence-electron chi connectivity index (χ0n) is 14.7. The number of sulfone groups is 1. The second kappa shape index (κ2) is 7.97. The van der Waals surface area contributed by atoms with E-state index < -0.39 is 50.4 Å². The van der Waals surface area contributed by atoms with Crippen LogP contribution in [-0.4, -0.2) is 61.9 Å². The molecule has 1 saturated heterocycles. The van der Waals surface area contributed by atoms with Crippen molar-refractivity contribution in [2.45, 2.75) is 20.6 Å². The van der Waals surface area contributed by atoms with E-state index in [9.17, 15) is 27.0 Å². The minimum Gasteiger partial charge on any atom is -0.393 e. The van der Waals surface area contributed by atoms with Gasteiger partial charge in [-0.05, 0) is 42.5 Å². The Kier molecular flexibility index (Phi) is 6.26. The third-order valence-corrected chi connectivity index (χ3v) is 9.77. The molecule has 7 nitrogen and oxygen atoms in total. The van der Waals surface area contributed by atoms with E-state index in [0.717, 1.165) is 4.31 Å². The van der Waals surface area contributed by atoms with E-state index >= 15 is 0 Å². The first-order valence-electron chi connectivity index (χ1n) is 8.20. The number of rotatable bonds is 5. The van der Waals surface area contributed by atoms with E-state index in [4.69, 9.17) is 34.8 Å². The van der Waals surface area contributed by atoms with Crippen molar-refractivity contribution in [3.63, 3.8) is 0 Å². The van der Waals surface area contributed by atoms with Gasteiger partial charge in [-0.3, -0.25) is 0 Å². The fourth-order valence-electron chi connectivity index (χ4n) is 3.16. The first-order chi connectivity index (χ1) is 13.4. The van der Waals surface area contributed by atoms with Crippen molar-refractivity contribution in [2.24, 2.45) is 0 Å². The predicted octanol–water partition coefficient (Wildman–Crippen LogP) is 2.22. The van der Waals surface area contributed by atoms with Crippen molar-refractivity contribution in [3.05, 3.63) is 57.5 Å². The SMILES string of the molecule is O=S(=O)(c1ccc(Cl)cc1)[C@H]1CN(S(=O)(=O)c2ccc(Cl)cc2Cl)C[C@@]1(O)CO. The molecular formula is C17H16Cl3NO6S2. The molecule has 2 aromatic rings. The van der Waals surface area contributed by atoms with E-state index in [2.05, 4.69) is 0 Å². The molecule has 158 valence electrons. The summed E-state index contributed by atoms with van der Waals surface area (Å²) in [6.45, 7) is -2.14. The van der Waals surface area contributed by atoms with Crippen LogP contribution in [0.25, 0.3) is 0 Å². The van der Waals surface area contributed by atoms with Gasteiger partial charge >= 0.3 is 0 Å². The Morgan fingerprint density at radius 2 is 1.59 bits per heavy atom. The molecule has 2 aromatic carbocycles. The molecule has 0 spiro atoms. The third-order valence-electron chi connectivity index (χ3n) is 4.72. The predicted molar refractivity (Wildman–Crippen MR) is 110 cm³/mol. The summed E-state index contributed by atoms with van der Waals surface area (Å²) < 4.78 is 52.9. The summed E-state index contributed by atoms with van der Waals surface area (Å²) in [4.78, 5) is -0.434. The van der Waals surface area contributed by atoms with Gasteiger partial charge in [0.2, 0.25) is 10.0 Å². The molecule has 0 bridgehead atoms. The lowest BCUT2D eigenvalue weighted by Gasteiger charge is -2.26. The van der Waals surface area contributed by atoms with Crippen molar-refractivity contribution < 1.29 is 27.0 Å². The Morgan fingerprint density at radius 1 is 1.00 bits per heavy atom. The Morgan fingerprint density at radius 3 is 2.14 bits per heavy atom. The molecule has 1 aliphatic heterocycles. The van der Waals surface area contributed by atoms with E-state index in [1.165, 1.54) is 42.5 Å². The molecule has 1 heterocycles. The minimum atomic E-state index is -4.26. The third kappa shape index (κ3) is 4.15. The van der Waals surface area contributed by atoms with Crippen LogP contribution in [0, 0.1) is 0 Å². The average molecular weight is 501 g/mol. The highest BCUT2D eigenvalue weighted by molar-refractivity contribution is 7.92. The van der Waals surface area contributed by atoms with Crippen LogP contribution in [0.15, 0.2) is 52.3 Å². The molecule has 0 saturated carbocycles. The van der Waals surface area contributed by atoms with Crippen molar-refractivity contribution in [3.8, 4) is 0 Å². The number of hydrogen-bond donors (Lipinski definition) is 2. The monoisotopic (exact) mass is 499 g/mol. The first kappa shape index (κ1) is 22.8. The van der Waals surface area contributed by atoms with Crippen molar-refractivity contribution in [1.29, 1.82) is 0 Å². The number of nitrogens with zero attached hydrogens (tertiary/aromatic N) is 1. The Labute approximate surface area is 183 Å². The molecule has 12 heteroatoms. The molecule has 2 atom stereocenters. The van der Waals surface area contributed by atoms with Crippen LogP contribution in [0.3, 0.4) is 0 Å². The first-order valence-corrected chi connectivity index (χ1v) is 12.3. The van der Waals surface area contributed by atoms with Crippen LogP contribution in [0.4, 0.5) is 0 Å². The lowest BCUT2D eigenvalue weighted by atomic mass is 10.1. The maximum absolute atomic E-state index is 13.1. The smallest absolute Gasteiger partial charge is 0.244 e. The van der Waals surface area contributed by atoms with Crippen LogP contribution in [-0.2, 0) is 19.9 Å². The summed E-state index contributed by atoms with van der Waals surface area (Å²) in [5, 5.41) is 19.3. The van der Waals surface area contributed by atoms with Crippen molar-refractivity contribution in [2.75, 3.05) is 19.7 Å². The molecule has 2 N–H and O–H groups in total. The lowest BCUT2D eigenvalue weighted by molar-refractivity contribution is 0.00160. The number of aliphatic hydroxyl groups is 2. The summed E-state index contributed by atoms with van der Waals surface area (Å²) in [5.41, 5.74) is -2.20. The summed E-state index contributed by atoms with van der Waals surface area (Å²) in [7, 11) is -8.46. The number of β-amino-alcohol motifs (C(OH)–C–C–N with tert-alkyl or cyclic N) is 1. The quantitative estimate of drug-likeness (QED) is 0.651. The molecular weight excluding hydrogens is 485 g/mol. The van der Waals surface area contributed by atoms with Gasteiger partial charge in [-0.15, -0.1) is 0 Å². The molecule has 0 unspecified atom stereocenters. The Balaban J connectivity index is 2.03. The molecule has 0 amide bonds. The largest absolute Gasteiger partial charge is 0.393 e. The summed E-state index contributed by atoms with van der Waals surface area (Å²) in [6.07, 6.45) is 0. The minimum absolute atomic E-state index is 0.144. The molecule has 1 aliphatic rings. The summed E-state index contributed by atoms with van der Waals surface area (Å²) in [5.74, 6) is 0. The van der Waals surface area contributed by atoms with Crippen LogP contribution in [0.1, 0.15) is 0 Å². The summed E-state index contributed by atoms with van der Waals surface area (Å²) >= 11 is 17.6. The number of hydrogen-bond acceptors (Lipinski definition) is 6. The topological polar surface area (TPSA) is 112 Å². The van der Waals surface area contributed by atoms with Crippen LogP contribution in [0.2, 0.25) is 15.1 Å². The Hall–Kier alpha value is -0.910. The molecule has 3 rings (SSSR count).